The van der Waals surface area contributed by atoms with Gasteiger partial charge in [-0.3, -0.25) is 9.69 Å². The second kappa shape index (κ2) is 9.18. The van der Waals surface area contributed by atoms with E-state index in [2.05, 4.69) is 41.2 Å². The predicted molar refractivity (Wildman–Crippen MR) is 113 cm³/mol. The third kappa shape index (κ3) is 5.77. The van der Waals surface area contributed by atoms with Crippen molar-refractivity contribution in [1.82, 2.24) is 15.2 Å². The number of nitrogens with zero attached hydrogens (tertiary/aromatic N) is 2. The van der Waals surface area contributed by atoms with Gasteiger partial charge in [0.25, 0.3) is 5.91 Å². The molecule has 0 atom stereocenters. The van der Waals surface area contributed by atoms with Crippen LogP contribution in [0.3, 0.4) is 0 Å². The molecule has 4 nitrogen and oxygen atoms in total. The van der Waals surface area contributed by atoms with Crippen LogP contribution < -0.4 is 5.32 Å². The van der Waals surface area contributed by atoms with Crippen molar-refractivity contribution in [2.45, 2.75) is 52.6 Å². The number of aryl methyl sites for hydroxylation is 1. The number of nitrogens with one attached hydrogen (secondary N) is 1. The molecule has 2 aromatic rings. The van der Waals surface area contributed by atoms with E-state index in [1.165, 1.54) is 5.56 Å². The maximum atomic E-state index is 12.7. The molecule has 1 aliphatic heterocycles. The fourth-order valence-corrected chi connectivity index (χ4v) is 4.74. The Hall–Kier alpha value is -1.43. The molecule has 1 N–H and O–H groups in total. The second-order valence-corrected chi connectivity index (χ2v) is 9.29. The van der Waals surface area contributed by atoms with Gasteiger partial charge in [-0.15, -0.1) is 11.3 Å². The second-order valence-electron chi connectivity index (χ2n) is 7.77. The summed E-state index contributed by atoms with van der Waals surface area (Å²) in [6.45, 7) is 9.21. The monoisotopic (exact) mass is 405 g/mol. The molecular formula is C21H28ClN3OS. The van der Waals surface area contributed by atoms with Crippen LogP contribution in [0.4, 0.5) is 0 Å². The fourth-order valence-electron chi connectivity index (χ4n) is 3.43. The number of thiazole rings is 1. The number of hydrogen-bond acceptors (Lipinski definition) is 4. The molecule has 0 aliphatic carbocycles. The Morgan fingerprint density at radius 1 is 1.30 bits per heavy atom. The SMILES string of the molecule is Cc1nc(CC(C)C)sc1C(=O)NC1CCN(Cc2ccc(Cl)cc2)CC1. The number of hydrogen-bond donors (Lipinski definition) is 1. The predicted octanol–water partition coefficient (Wildman–Crippen LogP) is 4.70. The van der Waals surface area contributed by atoms with Crippen LogP contribution in [0, 0.1) is 12.8 Å². The van der Waals surface area contributed by atoms with Crippen LogP contribution >= 0.6 is 22.9 Å². The largest absolute Gasteiger partial charge is 0.348 e. The van der Waals surface area contributed by atoms with Crippen molar-refractivity contribution < 1.29 is 4.79 Å². The zero-order chi connectivity index (χ0) is 19.4. The quantitative estimate of drug-likeness (QED) is 0.757. The summed E-state index contributed by atoms with van der Waals surface area (Å²) in [6.07, 6.45) is 2.90. The van der Waals surface area contributed by atoms with Gasteiger partial charge in [0.05, 0.1) is 10.7 Å². The van der Waals surface area contributed by atoms with E-state index < -0.39 is 0 Å². The van der Waals surface area contributed by atoms with Gasteiger partial charge in [0.2, 0.25) is 0 Å². The highest BCUT2D eigenvalue weighted by molar-refractivity contribution is 7.13. The van der Waals surface area contributed by atoms with E-state index in [9.17, 15) is 4.79 Å². The highest BCUT2D eigenvalue weighted by Gasteiger charge is 2.23. The molecule has 1 saturated heterocycles. The minimum Gasteiger partial charge on any atom is -0.348 e. The summed E-state index contributed by atoms with van der Waals surface area (Å²) in [7, 11) is 0. The van der Waals surface area contributed by atoms with Gasteiger partial charge in [0.1, 0.15) is 4.88 Å². The highest BCUT2D eigenvalue weighted by Crippen LogP contribution is 2.22. The number of carbonyl (C=O) groups excluding carboxylic acids is 1. The van der Waals surface area contributed by atoms with Crippen molar-refractivity contribution in [3.8, 4) is 0 Å². The lowest BCUT2D eigenvalue weighted by atomic mass is 10.0. The van der Waals surface area contributed by atoms with Crippen LogP contribution in [0.15, 0.2) is 24.3 Å². The summed E-state index contributed by atoms with van der Waals surface area (Å²) in [6, 6.07) is 8.28. The smallest absolute Gasteiger partial charge is 0.263 e. The molecule has 0 unspecified atom stereocenters. The van der Waals surface area contributed by atoms with Gasteiger partial charge >= 0.3 is 0 Å². The topological polar surface area (TPSA) is 45.2 Å². The molecule has 0 radical (unpaired) electrons. The van der Waals surface area contributed by atoms with Gasteiger partial charge < -0.3 is 5.32 Å². The molecule has 2 heterocycles. The van der Waals surface area contributed by atoms with E-state index in [1.807, 2.05) is 19.1 Å². The van der Waals surface area contributed by atoms with E-state index in [1.54, 1.807) is 11.3 Å². The summed E-state index contributed by atoms with van der Waals surface area (Å²) < 4.78 is 0. The third-order valence-electron chi connectivity index (χ3n) is 4.87. The van der Waals surface area contributed by atoms with Gasteiger partial charge in [0, 0.05) is 37.1 Å². The normalized spacial score (nSPS) is 16.0. The molecular weight excluding hydrogens is 378 g/mol. The molecule has 1 amide bonds. The Morgan fingerprint density at radius 3 is 2.59 bits per heavy atom. The van der Waals surface area contributed by atoms with Crippen LogP contribution in [0.5, 0.6) is 0 Å². The summed E-state index contributed by atoms with van der Waals surface area (Å²) in [5.41, 5.74) is 2.13. The number of aromatic nitrogens is 1. The average molecular weight is 406 g/mol. The van der Waals surface area contributed by atoms with Crippen LogP contribution in [0.2, 0.25) is 5.02 Å². The fraction of sp³-hybridized carbons (Fsp3) is 0.524. The summed E-state index contributed by atoms with van der Waals surface area (Å²) >= 11 is 7.50. The highest BCUT2D eigenvalue weighted by atomic mass is 35.5. The molecule has 6 heteroatoms. The molecule has 1 aromatic carbocycles. The lowest BCUT2D eigenvalue weighted by Gasteiger charge is -2.32. The molecule has 27 heavy (non-hydrogen) atoms. The van der Waals surface area contributed by atoms with Crippen molar-refractivity contribution in [3.63, 3.8) is 0 Å². The Kier molecular flexibility index (Phi) is 6.90. The van der Waals surface area contributed by atoms with E-state index in [0.717, 1.165) is 59.5 Å². The lowest BCUT2D eigenvalue weighted by molar-refractivity contribution is 0.0912. The van der Waals surface area contributed by atoms with E-state index >= 15 is 0 Å². The Morgan fingerprint density at radius 2 is 1.96 bits per heavy atom. The zero-order valence-electron chi connectivity index (χ0n) is 16.3. The third-order valence-corrected chi connectivity index (χ3v) is 6.30. The van der Waals surface area contributed by atoms with Gasteiger partial charge in [0.15, 0.2) is 0 Å². The van der Waals surface area contributed by atoms with Crippen LogP contribution in [-0.4, -0.2) is 34.9 Å². The maximum Gasteiger partial charge on any atom is 0.263 e. The Bertz CT molecular complexity index is 764. The Balaban J connectivity index is 1.49. The van der Waals surface area contributed by atoms with Crippen LogP contribution in [0.1, 0.15) is 52.6 Å². The van der Waals surface area contributed by atoms with Crippen LogP contribution in [0.25, 0.3) is 0 Å². The zero-order valence-corrected chi connectivity index (χ0v) is 17.9. The van der Waals surface area contributed by atoms with E-state index in [4.69, 9.17) is 11.6 Å². The summed E-state index contributed by atoms with van der Waals surface area (Å²) in [4.78, 5) is 20.4. The first-order chi connectivity index (χ1) is 12.9. The molecule has 146 valence electrons. The molecule has 0 spiro atoms. The van der Waals surface area contributed by atoms with Gasteiger partial charge in [-0.05, 0) is 43.4 Å². The number of benzene rings is 1. The first-order valence-corrected chi connectivity index (χ1v) is 10.8. The van der Waals surface area contributed by atoms with Gasteiger partial charge in [-0.2, -0.15) is 0 Å². The van der Waals surface area contributed by atoms with E-state index in [-0.39, 0.29) is 11.9 Å². The number of halogens is 1. The first-order valence-electron chi connectivity index (χ1n) is 9.64. The standard InChI is InChI=1S/C21H28ClN3OS/c1-14(2)12-19-23-15(3)20(27-19)21(26)24-18-8-10-25(11-9-18)13-16-4-6-17(22)7-5-16/h4-7,14,18H,8-13H2,1-3H3,(H,24,26). The molecule has 1 aliphatic rings. The molecule has 0 saturated carbocycles. The van der Waals surface area contributed by atoms with Gasteiger partial charge in [-0.25, -0.2) is 4.98 Å². The summed E-state index contributed by atoms with van der Waals surface area (Å²) in [5.74, 6) is 0.590. The average Bonchev–Trinajstić information content (AvgIpc) is 2.98. The number of rotatable bonds is 6. The minimum absolute atomic E-state index is 0.0381. The molecule has 3 rings (SSSR count). The molecule has 1 fully saturated rings. The number of carbonyl (C=O) groups is 1. The Labute approximate surface area is 170 Å². The van der Waals surface area contributed by atoms with Crippen LogP contribution in [-0.2, 0) is 13.0 Å². The number of amides is 1. The van der Waals surface area contributed by atoms with Crippen molar-refractivity contribution in [1.29, 1.82) is 0 Å². The number of piperidine rings is 1. The lowest BCUT2D eigenvalue weighted by Crippen LogP contribution is -2.44. The molecule has 1 aromatic heterocycles. The first kappa shape index (κ1) is 20.3. The van der Waals surface area contributed by atoms with E-state index in [0.29, 0.717) is 5.92 Å². The maximum absolute atomic E-state index is 12.7. The molecule has 0 bridgehead atoms. The van der Waals surface area contributed by atoms with Crippen molar-refractivity contribution in [2.24, 2.45) is 5.92 Å². The number of likely N-dealkylation sites (tertiary alicyclic amines) is 1. The summed E-state index contributed by atoms with van der Waals surface area (Å²) in [5, 5.41) is 5.06. The van der Waals surface area contributed by atoms with Crippen molar-refractivity contribution in [2.75, 3.05) is 13.1 Å². The van der Waals surface area contributed by atoms with Crippen molar-refractivity contribution in [3.05, 3.63) is 50.4 Å². The minimum atomic E-state index is 0.0381. The van der Waals surface area contributed by atoms with Crippen molar-refractivity contribution >= 4 is 28.8 Å². The van der Waals surface area contributed by atoms with Gasteiger partial charge in [-0.1, -0.05) is 37.6 Å².